The van der Waals surface area contributed by atoms with Crippen LogP contribution >= 0.6 is 0 Å². The van der Waals surface area contributed by atoms with Gasteiger partial charge in [0.2, 0.25) is 0 Å². The summed E-state index contributed by atoms with van der Waals surface area (Å²) in [5, 5.41) is 6.23. The fraction of sp³-hybridized carbons (Fsp3) is 0.588. The Labute approximate surface area is 127 Å². The Morgan fingerprint density at radius 3 is 2.52 bits per heavy atom. The maximum absolute atomic E-state index is 12.4. The first-order chi connectivity index (χ1) is 10.2. The number of benzene rings is 1. The van der Waals surface area contributed by atoms with Crippen LogP contribution in [-0.2, 0) is 0 Å². The maximum atomic E-state index is 12.4. The minimum atomic E-state index is 0.0420. The summed E-state index contributed by atoms with van der Waals surface area (Å²) in [7, 11) is 1.95. The average Bonchev–Trinajstić information content (AvgIpc) is 3.32. The van der Waals surface area contributed by atoms with Crippen LogP contribution in [0.5, 0.6) is 0 Å². The number of anilines is 1. The van der Waals surface area contributed by atoms with Crippen molar-refractivity contribution < 1.29 is 4.79 Å². The Bertz CT molecular complexity index is 454. The SMILES string of the molecule is CCCCN(C(=O)Nc1ccc(C(C)NC)cc1)C1CC1. The van der Waals surface area contributed by atoms with Crippen molar-refractivity contribution in [3.63, 3.8) is 0 Å². The van der Waals surface area contributed by atoms with Crippen LogP contribution in [0, 0.1) is 0 Å². The van der Waals surface area contributed by atoms with Crippen LogP contribution in [0.25, 0.3) is 0 Å². The molecular formula is C17H27N3O. The van der Waals surface area contributed by atoms with Gasteiger partial charge in [0.15, 0.2) is 0 Å². The van der Waals surface area contributed by atoms with Gasteiger partial charge >= 0.3 is 6.03 Å². The lowest BCUT2D eigenvalue weighted by molar-refractivity contribution is 0.208. The molecule has 4 heteroatoms. The molecule has 21 heavy (non-hydrogen) atoms. The fourth-order valence-electron chi connectivity index (χ4n) is 2.38. The number of hydrogen-bond donors (Lipinski definition) is 2. The van der Waals surface area contributed by atoms with Crippen LogP contribution in [0.2, 0.25) is 0 Å². The normalized spacial score (nSPS) is 15.6. The molecule has 1 aromatic carbocycles. The van der Waals surface area contributed by atoms with E-state index in [0.717, 1.165) is 37.9 Å². The molecule has 1 aromatic rings. The van der Waals surface area contributed by atoms with E-state index in [-0.39, 0.29) is 6.03 Å². The van der Waals surface area contributed by atoms with E-state index < -0.39 is 0 Å². The molecule has 1 fully saturated rings. The summed E-state index contributed by atoms with van der Waals surface area (Å²) < 4.78 is 0. The van der Waals surface area contributed by atoms with Gasteiger partial charge < -0.3 is 15.5 Å². The lowest BCUT2D eigenvalue weighted by Gasteiger charge is -2.22. The third-order valence-electron chi connectivity index (χ3n) is 4.10. The zero-order valence-corrected chi connectivity index (χ0v) is 13.4. The number of unbranched alkanes of at least 4 members (excludes halogenated alkanes) is 1. The molecule has 1 atom stereocenters. The molecule has 0 bridgehead atoms. The van der Waals surface area contributed by atoms with Gasteiger partial charge in [0.05, 0.1) is 0 Å². The molecule has 1 aliphatic carbocycles. The van der Waals surface area contributed by atoms with Crippen LogP contribution in [0.3, 0.4) is 0 Å². The van der Waals surface area contributed by atoms with Gasteiger partial charge in [-0.1, -0.05) is 25.5 Å². The van der Waals surface area contributed by atoms with Crippen molar-refractivity contribution in [1.82, 2.24) is 10.2 Å². The van der Waals surface area contributed by atoms with Gasteiger partial charge in [-0.15, -0.1) is 0 Å². The number of nitrogens with one attached hydrogen (secondary N) is 2. The van der Waals surface area contributed by atoms with Gasteiger partial charge in [0, 0.05) is 24.3 Å². The van der Waals surface area contributed by atoms with E-state index in [1.165, 1.54) is 5.56 Å². The molecule has 0 aliphatic heterocycles. The molecule has 0 heterocycles. The molecule has 1 saturated carbocycles. The minimum absolute atomic E-state index is 0.0420. The Kier molecular flexibility index (Phi) is 5.62. The van der Waals surface area contributed by atoms with E-state index in [2.05, 4.69) is 36.6 Å². The number of urea groups is 1. The third-order valence-corrected chi connectivity index (χ3v) is 4.10. The standard InChI is InChI=1S/C17H27N3O/c1-4-5-12-20(16-10-11-16)17(21)19-15-8-6-14(7-9-15)13(2)18-3/h6-9,13,16,18H,4-5,10-12H2,1-3H3,(H,19,21). The van der Waals surface area contributed by atoms with Gasteiger partial charge in [0.1, 0.15) is 0 Å². The molecule has 0 spiro atoms. The topological polar surface area (TPSA) is 44.4 Å². The predicted molar refractivity (Wildman–Crippen MR) is 87.6 cm³/mol. The predicted octanol–water partition coefficient (Wildman–Crippen LogP) is 3.76. The highest BCUT2D eigenvalue weighted by Crippen LogP contribution is 2.28. The van der Waals surface area contributed by atoms with E-state index in [9.17, 15) is 4.79 Å². The van der Waals surface area contributed by atoms with Crippen LogP contribution < -0.4 is 10.6 Å². The first-order valence-electron chi connectivity index (χ1n) is 8.00. The van der Waals surface area contributed by atoms with Crippen LogP contribution in [0.1, 0.15) is 51.1 Å². The van der Waals surface area contributed by atoms with Crippen LogP contribution in [-0.4, -0.2) is 30.6 Å². The van der Waals surface area contributed by atoms with Gasteiger partial charge in [-0.3, -0.25) is 0 Å². The van der Waals surface area contributed by atoms with Crippen molar-refractivity contribution >= 4 is 11.7 Å². The molecule has 1 aliphatic rings. The lowest BCUT2D eigenvalue weighted by Crippen LogP contribution is -2.37. The monoisotopic (exact) mass is 289 g/mol. The fourth-order valence-corrected chi connectivity index (χ4v) is 2.38. The van der Waals surface area contributed by atoms with Gasteiger partial charge in [-0.2, -0.15) is 0 Å². The van der Waals surface area contributed by atoms with Crippen molar-refractivity contribution in [2.24, 2.45) is 0 Å². The van der Waals surface area contributed by atoms with E-state index in [4.69, 9.17) is 0 Å². The highest BCUT2D eigenvalue weighted by molar-refractivity contribution is 5.89. The third kappa shape index (κ3) is 4.46. The summed E-state index contributed by atoms with van der Waals surface area (Å²) in [5.41, 5.74) is 2.09. The minimum Gasteiger partial charge on any atom is -0.322 e. The largest absolute Gasteiger partial charge is 0.322 e. The summed E-state index contributed by atoms with van der Waals surface area (Å²) in [4.78, 5) is 14.4. The summed E-state index contributed by atoms with van der Waals surface area (Å²) in [6.45, 7) is 5.14. The number of nitrogens with zero attached hydrogens (tertiary/aromatic N) is 1. The summed E-state index contributed by atoms with van der Waals surface area (Å²) in [5.74, 6) is 0. The second kappa shape index (κ2) is 7.46. The van der Waals surface area contributed by atoms with Crippen molar-refractivity contribution in [2.75, 3.05) is 18.9 Å². The quantitative estimate of drug-likeness (QED) is 0.802. The Hall–Kier alpha value is -1.55. The molecule has 2 N–H and O–H groups in total. The van der Waals surface area contributed by atoms with E-state index in [1.54, 1.807) is 0 Å². The summed E-state index contributed by atoms with van der Waals surface area (Å²) in [6.07, 6.45) is 4.49. The second-order valence-electron chi connectivity index (χ2n) is 5.84. The van der Waals surface area contributed by atoms with Gasteiger partial charge in [0.25, 0.3) is 0 Å². The first kappa shape index (κ1) is 15.8. The van der Waals surface area contributed by atoms with Crippen molar-refractivity contribution in [3.8, 4) is 0 Å². The zero-order chi connectivity index (χ0) is 15.2. The van der Waals surface area contributed by atoms with E-state index >= 15 is 0 Å². The number of hydrogen-bond acceptors (Lipinski definition) is 2. The lowest BCUT2D eigenvalue weighted by atomic mass is 10.1. The molecule has 2 amide bonds. The van der Waals surface area contributed by atoms with Crippen LogP contribution in [0.4, 0.5) is 10.5 Å². The molecule has 2 rings (SSSR count). The van der Waals surface area contributed by atoms with Gasteiger partial charge in [-0.25, -0.2) is 4.79 Å². The highest BCUT2D eigenvalue weighted by atomic mass is 16.2. The van der Waals surface area contributed by atoms with Crippen molar-refractivity contribution in [3.05, 3.63) is 29.8 Å². The van der Waals surface area contributed by atoms with Crippen LogP contribution in [0.15, 0.2) is 24.3 Å². The Morgan fingerprint density at radius 2 is 2.00 bits per heavy atom. The van der Waals surface area contributed by atoms with Crippen molar-refractivity contribution in [1.29, 1.82) is 0 Å². The molecule has 4 nitrogen and oxygen atoms in total. The molecule has 116 valence electrons. The number of carbonyl (C=O) groups excluding carboxylic acids is 1. The average molecular weight is 289 g/mol. The van der Waals surface area contributed by atoms with Gasteiger partial charge in [-0.05, 0) is 50.9 Å². The smallest absolute Gasteiger partial charge is 0.322 e. The first-order valence-corrected chi connectivity index (χ1v) is 8.00. The van der Waals surface area contributed by atoms with Crippen molar-refractivity contribution in [2.45, 2.75) is 51.6 Å². The summed E-state index contributed by atoms with van der Waals surface area (Å²) in [6, 6.07) is 8.90. The highest BCUT2D eigenvalue weighted by Gasteiger charge is 2.32. The molecular weight excluding hydrogens is 262 g/mol. The van der Waals surface area contributed by atoms with E-state index in [0.29, 0.717) is 12.1 Å². The molecule has 0 radical (unpaired) electrons. The number of rotatable bonds is 7. The second-order valence-corrected chi connectivity index (χ2v) is 5.84. The zero-order valence-electron chi connectivity index (χ0n) is 13.4. The number of carbonyl (C=O) groups is 1. The maximum Gasteiger partial charge on any atom is 0.322 e. The molecule has 1 unspecified atom stereocenters. The molecule has 0 saturated heterocycles. The number of amides is 2. The Balaban J connectivity index is 1.94. The molecule has 0 aromatic heterocycles. The summed E-state index contributed by atoms with van der Waals surface area (Å²) >= 11 is 0. The van der Waals surface area contributed by atoms with E-state index in [1.807, 2.05) is 24.1 Å². The Morgan fingerprint density at radius 1 is 1.33 bits per heavy atom.